The molecule has 172 valence electrons. The van der Waals surface area contributed by atoms with E-state index in [2.05, 4.69) is 0 Å². The van der Waals surface area contributed by atoms with Gasteiger partial charge in [0.1, 0.15) is 17.3 Å². The van der Waals surface area contributed by atoms with Crippen molar-refractivity contribution in [3.63, 3.8) is 0 Å². The van der Waals surface area contributed by atoms with Crippen molar-refractivity contribution in [2.24, 2.45) is 0 Å². The van der Waals surface area contributed by atoms with E-state index in [1.807, 2.05) is 24.3 Å². The molecule has 2 aliphatic heterocycles. The summed E-state index contributed by atoms with van der Waals surface area (Å²) in [6.45, 7) is 0.713. The molecule has 0 bridgehead atoms. The lowest BCUT2D eigenvalue weighted by molar-refractivity contribution is -0.140. The second-order valence-corrected chi connectivity index (χ2v) is 8.65. The van der Waals surface area contributed by atoms with Crippen LogP contribution >= 0.6 is 11.6 Å². The van der Waals surface area contributed by atoms with Crippen LogP contribution in [-0.4, -0.2) is 35.4 Å². The maximum absolute atomic E-state index is 13.3. The lowest BCUT2D eigenvalue weighted by atomic mass is 9.94. The number of hydrogen-bond acceptors (Lipinski definition) is 5. The molecule has 3 aromatic rings. The van der Waals surface area contributed by atoms with Crippen LogP contribution in [-0.2, 0) is 22.6 Å². The van der Waals surface area contributed by atoms with E-state index < -0.39 is 17.7 Å². The largest absolute Gasteiger partial charge is 0.507 e. The smallest absolute Gasteiger partial charge is 0.295 e. The summed E-state index contributed by atoms with van der Waals surface area (Å²) in [4.78, 5) is 28.0. The normalized spacial score (nSPS) is 18.6. The van der Waals surface area contributed by atoms with Crippen molar-refractivity contribution in [1.82, 2.24) is 4.90 Å². The number of rotatable bonds is 5. The lowest BCUT2D eigenvalue weighted by Crippen LogP contribution is -2.29. The van der Waals surface area contributed by atoms with E-state index in [9.17, 15) is 14.7 Å². The Morgan fingerprint density at radius 1 is 1.12 bits per heavy atom. The topological polar surface area (TPSA) is 76.1 Å². The highest BCUT2D eigenvalue weighted by Crippen LogP contribution is 2.42. The predicted octanol–water partition coefficient (Wildman–Crippen LogP) is 4.91. The minimum Gasteiger partial charge on any atom is -0.507 e. The molecule has 0 aromatic heterocycles. The van der Waals surface area contributed by atoms with Gasteiger partial charge >= 0.3 is 0 Å². The van der Waals surface area contributed by atoms with Crippen LogP contribution in [0.5, 0.6) is 11.5 Å². The maximum Gasteiger partial charge on any atom is 0.295 e. The fraction of sp³-hybridized carbons (Fsp3) is 0.185. The number of likely N-dealkylation sites (tertiary alicyclic amines) is 1. The number of methoxy groups -OCH3 is 1. The average Bonchev–Trinajstić information content (AvgIpc) is 3.42. The average molecular weight is 476 g/mol. The third-order valence-corrected chi connectivity index (χ3v) is 6.47. The zero-order chi connectivity index (χ0) is 23.8. The molecule has 1 N–H and O–H groups in total. The number of aliphatic hydroxyl groups excluding tert-OH is 1. The van der Waals surface area contributed by atoms with E-state index in [4.69, 9.17) is 21.1 Å². The Morgan fingerprint density at radius 2 is 1.88 bits per heavy atom. The van der Waals surface area contributed by atoms with Crippen LogP contribution in [0.4, 0.5) is 0 Å². The third-order valence-electron chi connectivity index (χ3n) is 6.22. The Morgan fingerprint density at radius 3 is 2.65 bits per heavy atom. The number of Topliss-reactive ketones (excluding diaryl/α,β-unsaturated/α-hetero) is 1. The summed E-state index contributed by atoms with van der Waals surface area (Å²) in [6.07, 6.45) is 0.721. The number of ketones is 1. The Hall–Kier alpha value is -3.77. The first-order valence-corrected chi connectivity index (χ1v) is 11.3. The summed E-state index contributed by atoms with van der Waals surface area (Å²) < 4.78 is 11.0. The molecule has 1 unspecified atom stereocenters. The van der Waals surface area contributed by atoms with Gasteiger partial charge in [-0.25, -0.2) is 0 Å². The monoisotopic (exact) mass is 475 g/mol. The van der Waals surface area contributed by atoms with Crippen LogP contribution in [0.2, 0.25) is 5.02 Å². The zero-order valence-corrected chi connectivity index (χ0v) is 19.2. The first-order valence-electron chi connectivity index (χ1n) is 10.9. The Labute approximate surface area is 202 Å². The van der Waals surface area contributed by atoms with Crippen LogP contribution in [0.1, 0.15) is 28.3 Å². The quantitative estimate of drug-likeness (QED) is 0.322. The third kappa shape index (κ3) is 3.80. The van der Waals surface area contributed by atoms with E-state index in [1.165, 1.54) is 4.90 Å². The molecule has 0 spiro atoms. The first-order chi connectivity index (χ1) is 16.5. The number of aliphatic hydroxyl groups is 1. The molecule has 1 amide bonds. The van der Waals surface area contributed by atoms with Crippen LogP contribution in [0.25, 0.3) is 5.76 Å². The number of ether oxygens (including phenoxy) is 2. The number of fused-ring (bicyclic) bond motifs is 1. The summed E-state index contributed by atoms with van der Waals surface area (Å²) in [5.74, 6) is -0.253. The van der Waals surface area contributed by atoms with Gasteiger partial charge in [0.25, 0.3) is 11.7 Å². The molecule has 5 rings (SSSR count). The minimum absolute atomic E-state index is 0.0427. The van der Waals surface area contributed by atoms with E-state index in [-0.39, 0.29) is 17.9 Å². The van der Waals surface area contributed by atoms with E-state index >= 15 is 0 Å². The van der Waals surface area contributed by atoms with Gasteiger partial charge in [0.05, 0.1) is 31.9 Å². The summed E-state index contributed by atoms with van der Waals surface area (Å²) in [5, 5.41) is 11.8. The predicted molar refractivity (Wildman–Crippen MR) is 128 cm³/mol. The fourth-order valence-electron chi connectivity index (χ4n) is 4.54. The van der Waals surface area contributed by atoms with Crippen molar-refractivity contribution in [2.75, 3.05) is 13.7 Å². The summed E-state index contributed by atoms with van der Waals surface area (Å²) >= 11 is 6.09. The Bertz CT molecular complexity index is 1310. The Balaban J connectivity index is 1.64. The number of para-hydroxylation sites is 1. The first kappa shape index (κ1) is 22.0. The zero-order valence-electron chi connectivity index (χ0n) is 18.5. The molecule has 0 aliphatic carbocycles. The second kappa shape index (κ2) is 8.88. The second-order valence-electron chi connectivity index (χ2n) is 8.21. The molecule has 7 heteroatoms. The molecule has 1 atom stereocenters. The SMILES string of the molecule is COc1ccccc1CN1C(=O)C(=O)/C(=C(\O)c2ccc3c(c2)CCO3)C1c1ccc(Cl)cc1. The molecule has 0 radical (unpaired) electrons. The van der Waals surface area contributed by atoms with Crippen LogP contribution in [0.3, 0.4) is 0 Å². The fourth-order valence-corrected chi connectivity index (χ4v) is 4.67. The molecular formula is C27H22ClNO5. The van der Waals surface area contributed by atoms with Gasteiger partial charge in [-0.3, -0.25) is 9.59 Å². The van der Waals surface area contributed by atoms with Crippen LogP contribution < -0.4 is 9.47 Å². The number of carbonyl (C=O) groups excluding carboxylic acids is 2. The summed E-state index contributed by atoms with van der Waals surface area (Å²) in [6, 6.07) is 18.8. The Kier molecular flexibility index (Phi) is 5.75. The molecule has 2 heterocycles. The van der Waals surface area contributed by atoms with Crippen molar-refractivity contribution in [1.29, 1.82) is 0 Å². The van der Waals surface area contributed by atoms with Crippen molar-refractivity contribution >= 4 is 29.1 Å². The highest BCUT2D eigenvalue weighted by atomic mass is 35.5. The van der Waals surface area contributed by atoms with Crippen molar-refractivity contribution in [3.05, 3.63) is 99.6 Å². The van der Waals surface area contributed by atoms with Gasteiger partial charge in [0.2, 0.25) is 0 Å². The number of benzene rings is 3. The van der Waals surface area contributed by atoms with Gasteiger partial charge < -0.3 is 19.5 Å². The van der Waals surface area contributed by atoms with Crippen molar-refractivity contribution in [3.8, 4) is 11.5 Å². The summed E-state index contributed by atoms with van der Waals surface area (Å²) in [5.41, 5.74) is 2.89. The minimum atomic E-state index is -0.785. The number of hydrogen-bond donors (Lipinski definition) is 1. The molecule has 1 fully saturated rings. The van der Waals surface area contributed by atoms with Crippen molar-refractivity contribution in [2.45, 2.75) is 19.0 Å². The number of nitrogens with zero attached hydrogens (tertiary/aromatic N) is 1. The van der Waals surface area contributed by atoms with Crippen LogP contribution in [0.15, 0.2) is 72.3 Å². The van der Waals surface area contributed by atoms with Gasteiger partial charge in [0.15, 0.2) is 0 Å². The van der Waals surface area contributed by atoms with E-state index in [0.29, 0.717) is 28.5 Å². The van der Waals surface area contributed by atoms with Crippen molar-refractivity contribution < 1.29 is 24.2 Å². The molecule has 2 aliphatic rings. The molecular weight excluding hydrogens is 454 g/mol. The van der Waals surface area contributed by atoms with Gasteiger partial charge in [-0.05, 0) is 47.5 Å². The van der Waals surface area contributed by atoms with Gasteiger partial charge in [-0.2, -0.15) is 0 Å². The van der Waals surface area contributed by atoms with E-state index in [0.717, 1.165) is 23.3 Å². The molecule has 34 heavy (non-hydrogen) atoms. The molecule has 0 saturated carbocycles. The summed E-state index contributed by atoms with van der Waals surface area (Å²) in [7, 11) is 1.56. The van der Waals surface area contributed by atoms with E-state index in [1.54, 1.807) is 49.6 Å². The van der Waals surface area contributed by atoms with Gasteiger partial charge in [0, 0.05) is 22.6 Å². The molecule has 3 aromatic carbocycles. The highest BCUT2D eigenvalue weighted by molar-refractivity contribution is 6.46. The molecule has 1 saturated heterocycles. The number of carbonyl (C=O) groups is 2. The highest BCUT2D eigenvalue weighted by Gasteiger charge is 2.46. The van der Waals surface area contributed by atoms with Gasteiger partial charge in [-0.15, -0.1) is 0 Å². The standard InChI is InChI=1S/C27H22ClNO5/c1-33-21-5-3-2-4-19(21)15-29-24(16-6-9-20(28)10-7-16)23(26(31)27(29)32)25(30)18-8-11-22-17(14-18)12-13-34-22/h2-11,14,24,30H,12-13,15H2,1H3/b25-23-. The van der Waals surface area contributed by atoms with Crippen LogP contribution in [0, 0.1) is 0 Å². The van der Waals surface area contributed by atoms with Gasteiger partial charge in [-0.1, -0.05) is 41.9 Å². The lowest BCUT2D eigenvalue weighted by Gasteiger charge is -2.26. The molecule has 6 nitrogen and oxygen atoms in total. The maximum atomic E-state index is 13.3. The number of amides is 1. The number of halogens is 1.